The van der Waals surface area contributed by atoms with Gasteiger partial charge in [-0.15, -0.1) is 0 Å². The molecule has 1 heteroatoms. The van der Waals surface area contributed by atoms with E-state index < -0.39 is 0 Å². The van der Waals surface area contributed by atoms with Crippen LogP contribution in [0.4, 0.5) is 0 Å². The maximum atomic E-state index is 6.33. The van der Waals surface area contributed by atoms with Crippen molar-refractivity contribution in [1.29, 1.82) is 0 Å². The third kappa shape index (κ3) is 2.13. The molecule has 2 N–H and O–H groups in total. The lowest BCUT2D eigenvalue weighted by molar-refractivity contribution is 0.00129. The lowest BCUT2D eigenvalue weighted by atomic mass is 9.55. The molecule has 14 heavy (non-hydrogen) atoms. The maximum Gasteiger partial charge on any atom is 0.0116 e. The van der Waals surface area contributed by atoms with Crippen LogP contribution in [0.1, 0.15) is 54.4 Å². The van der Waals surface area contributed by atoms with E-state index in [2.05, 4.69) is 41.5 Å². The fraction of sp³-hybridized carbons (Fsp3) is 1.00. The van der Waals surface area contributed by atoms with Gasteiger partial charge in [0.15, 0.2) is 0 Å². The molecule has 0 aliphatic heterocycles. The molecular weight excluding hydrogens is 170 g/mol. The van der Waals surface area contributed by atoms with E-state index in [1.165, 1.54) is 12.8 Å². The largest absolute Gasteiger partial charge is 0.327 e. The van der Waals surface area contributed by atoms with E-state index in [1.54, 1.807) is 0 Å². The molecule has 3 atom stereocenters. The van der Waals surface area contributed by atoms with Crippen molar-refractivity contribution in [2.45, 2.75) is 60.4 Å². The summed E-state index contributed by atoms with van der Waals surface area (Å²) in [5.41, 5.74) is 7.10. The fourth-order valence-electron chi connectivity index (χ4n) is 2.90. The van der Waals surface area contributed by atoms with Crippen LogP contribution in [0.5, 0.6) is 0 Å². The van der Waals surface area contributed by atoms with Crippen LogP contribution >= 0.6 is 0 Å². The van der Waals surface area contributed by atoms with Crippen LogP contribution in [0.3, 0.4) is 0 Å². The highest BCUT2D eigenvalue weighted by molar-refractivity contribution is 4.96. The smallest absolute Gasteiger partial charge is 0.0116 e. The minimum Gasteiger partial charge on any atom is -0.327 e. The van der Waals surface area contributed by atoms with Gasteiger partial charge in [-0.05, 0) is 35.5 Å². The highest BCUT2D eigenvalue weighted by Gasteiger charge is 2.44. The zero-order valence-electron chi connectivity index (χ0n) is 10.7. The third-order valence-corrected chi connectivity index (χ3v) is 4.30. The summed E-state index contributed by atoms with van der Waals surface area (Å²) in [6, 6.07) is 0.326. The van der Waals surface area contributed by atoms with Crippen molar-refractivity contribution in [2.24, 2.45) is 28.4 Å². The van der Waals surface area contributed by atoms with Gasteiger partial charge >= 0.3 is 0 Å². The summed E-state index contributed by atoms with van der Waals surface area (Å²) < 4.78 is 0. The Bertz CT molecular complexity index is 188. The predicted molar refractivity (Wildman–Crippen MR) is 63.1 cm³/mol. The zero-order valence-corrected chi connectivity index (χ0v) is 10.7. The summed E-state index contributed by atoms with van der Waals surface area (Å²) in [5, 5.41) is 0. The van der Waals surface area contributed by atoms with Crippen molar-refractivity contribution in [3.8, 4) is 0 Å². The molecule has 0 aromatic heterocycles. The molecule has 1 fully saturated rings. The highest BCUT2D eigenvalue weighted by atomic mass is 14.7. The highest BCUT2D eigenvalue weighted by Crippen LogP contribution is 2.51. The second-order valence-electron chi connectivity index (χ2n) is 6.88. The van der Waals surface area contributed by atoms with Crippen molar-refractivity contribution in [1.82, 2.24) is 0 Å². The molecule has 0 amide bonds. The fourth-order valence-corrected chi connectivity index (χ4v) is 2.90. The molecule has 3 unspecified atom stereocenters. The molecule has 0 spiro atoms. The summed E-state index contributed by atoms with van der Waals surface area (Å²) >= 11 is 0. The lowest BCUT2D eigenvalue weighted by Crippen LogP contribution is -2.50. The summed E-state index contributed by atoms with van der Waals surface area (Å²) in [6.07, 6.45) is 2.75. The molecular formula is C13H27N. The van der Waals surface area contributed by atoms with Crippen LogP contribution in [0, 0.1) is 22.7 Å². The van der Waals surface area contributed by atoms with Crippen LogP contribution < -0.4 is 5.73 Å². The maximum absolute atomic E-state index is 6.33. The second-order valence-corrected chi connectivity index (χ2v) is 6.88. The number of hydrogen-bond donors (Lipinski definition) is 1. The van der Waals surface area contributed by atoms with Gasteiger partial charge in [0.2, 0.25) is 0 Å². The Morgan fingerprint density at radius 2 is 1.79 bits per heavy atom. The minimum absolute atomic E-state index is 0.241. The van der Waals surface area contributed by atoms with Gasteiger partial charge in [0.25, 0.3) is 0 Å². The molecule has 0 saturated heterocycles. The van der Waals surface area contributed by atoms with E-state index in [0.717, 1.165) is 5.92 Å². The Labute approximate surface area is 89.5 Å². The van der Waals surface area contributed by atoms with Crippen molar-refractivity contribution in [2.75, 3.05) is 0 Å². The average molecular weight is 197 g/mol. The molecule has 1 aliphatic carbocycles. The molecule has 1 saturated carbocycles. The lowest BCUT2D eigenvalue weighted by Gasteiger charge is -2.51. The molecule has 0 heterocycles. The first-order valence-corrected chi connectivity index (χ1v) is 5.92. The number of nitrogens with two attached hydrogens (primary N) is 1. The monoisotopic (exact) mass is 197 g/mol. The van der Waals surface area contributed by atoms with Crippen LogP contribution in [0.25, 0.3) is 0 Å². The normalized spacial score (nSPS) is 30.6. The Kier molecular flexibility index (Phi) is 3.02. The van der Waals surface area contributed by atoms with Crippen LogP contribution in [-0.2, 0) is 0 Å². The second kappa shape index (κ2) is 3.52. The van der Waals surface area contributed by atoms with Gasteiger partial charge in [0, 0.05) is 6.04 Å². The van der Waals surface area contributed by atoms with E-state index in [-0.39, 0.29) is 5.41 Å². The summed E-state index contributed by atoms with van der Waals surface area (Å²) in [7, 11) is 0. The molecule has 0 aromatic rings. The van der Waals surface area contributed by atoms with Crippen molar-refractivity contribution >= 4 is 0 Å². The van der Waals surface area contributed by atoms with Crippen LogP contribution in [0.15, 0.2) is 0 Å². The first-order valence-electron chi connectivity index (χ1n) is 5.92. The molecule has 0 radical (unpaired) electrons. The Balaban J connectivity index is 2.62. The topological polar surface area (TPSA) is 26.0 Å². The van der Waals surface area contributed by atoms with E-state index in [9.17, 15) is 0 Å². The van der Waals surface area contributed by atoms with E-state index in [1.807, 2.05) is 0 Å². The van der Waals surface area contributed by atoms with Crippen molar-refractivity contribution < 1.29 is 0 Å². The van der Waals surface area contributed by atoms with E-state index in [0.29, 0.717) is 17.4 Å². The first kappa shape index (κ1) is 12.0. The van der Waals surface area contributed by atoms with Crippen LogP contribution in [-0.4, -0.2) is 6.04 Å². The van der Waals surface area contributed by atoms with Crippen LogP contribution in [0.2, 0.25) is 0 Å². The summed E-state index contributed by atoms with van der Waals surface area (Å²) in [6.45, 7) is 13.8. The average Bonchev–Trinajstić information content (AvgIpc) is 1.99. The van der Waals surface area contributed by atoms with Crippen molar-refractivity contribution in [3.63, 3.8) is 0 Å². The summed E-state index contributed by atoms with van der Waals surface area (Å²) in [4.78, 5) is 0. The van der Waals surface area contributed by atoms with Gasteiger partial charge in [-0.3, -0.25) is 0 Å². The molecule has 0 aromatic carbocycles. The molecule has 0 bridgehead atoms. The first-order chi connectivity index (χ1) is 6.16. The molecule has 84 valence electrons. The standard InChI is InChI=1S/C13H27N/c1-9(11(14)12(2,3)4)10-7-8-13(10,5)6/h9-11H,7-8,14H2,1-6H3. The SMILES string of the molecule is CC(C(N)C(C)(C)C)C1CCC1(C)C. The van der Waals surface area contributed by atoms with Gasteiger partial charge in [0.1, 0.15) is 0 Å². The van der Waals surface area contributed by atoms with Gasteiger partial charge in [-0.1, -0.05) is 41.5 Å². The minimum atomic E-state index is 0.241. The Hall–Kier alpha value is -0.0400. The van der Waals surface area contributed by atoms with E-state index in [4.69, 9.17) is 5.73 Å². The van der Waals surface area contributed by atoms with E-state index >= 15 is 0 Å². The van der Waals surface area contributed by atoms with Gasteiger partial charge in [-0.2, -0.15) is 0 Å². The van der Waals surface area contributed by atoms with Gasteiger partial charge in [-0.25, -0.2) is 0 Å². The number of rotatable bonds is 2. The molecule has 1 aliphatic rings. The molecule has 1 nitrogen and oxygen atoms in total. The third-order valence-electron chi connectivity index (χ3n) is 4.30. The number of hydrogen-bond acceptors (Lipinski definition) is 1. The Morgan fingerprint density at radius 3 is 2.00 bits per heavy atom. The molecule has 1 rings (SSSR count). The summed E-state index contributed by atoms with van der Waals surface area (Å²) in [5.74, 6) is 1.48. The predicted octanol–water partition coefficient (Wildman–Crippen LogP) is 3.43. The quantitative estimate of drug-likeness (QED) is 0.721. The van der Waals surface area contributed by atoms with Crippen molar-refractivity contribution in [3.05, 3.63) is 0 Å². The van der Waals surface area contributed by atoms with Gasteiger partial charge < -0.3 is 5.73 Å². The zero-order chi connectivity index (χ0) is 11.1. The Morgan fingerprint density at radius 1 is 1.29 bits per heavy atom. The van der Waals surface area contributed by atoms with Gasteiger partial charge in [0.05, 0.1) is 0 Å².